The molecule has 2 aromatic heterocycles. The molecule has 0 amide bonds. The first-order valence-corrected chi connectivity index (χ1v) is 9.68. The van der Waals surface area contributed by atoms with Gasteiger partial charge in [-0.3, -0.25) is 0 Å². The zero-order chi connectivity index (χ0) is 20.9. The molecule has 0 aliphatic carbocycles. The minimum absolute atomic E-state index is 0.315. The molecular formula is C21H23N9. The van der Waals surface area contributed by atoms with Gasteiger partial charge in [-0.05, 0) is 43.4 Å². The molecule has 3 heterocycles. The number of hydrogen-bond acceptors (Lipinski definition) is 9. The summed E-state index contributed by atoms with van der Waals surface area (Å²) < 4.78 is 0. The molecule has 0 radical (unpaired) electrons. The number of rotatable bonds is 5. The molecule has 9 nitrogen and oxygen atoms in total. The van der Waals surface area contributed by atoms with Crippen molar-refractivity contribution in [3.05, 3.63) is 54.2 Å². The lowest BCUT2D eigenvalue weighted by Gasteiger charge is -2.34. The van der Waals surface area contributed by atoms with Gasteiger partial charge in [-0.1, -0.05) is 6.07 Å². The molecule has 0 saturated carbocycles. The van der Waals surface area contributed by atoms with Crippen LogP contribution in [0.15, 0.2) is 48.7 Å². The highest BCUT2D eigenvalue weighted by Gasteiger charge is 2.14. The van der Waals surface area contributed by atoms with E-state index < -0.39 is 0 Å². The van der Waals surface area contributed by atoms with Gasteiger partial charge in [-0.15, -0.1) is 0 Å². The van der Waals surface area contributed by atoms with E-state index in [9.17, 15) is 5.26 Å². The molecule has 9 heteroatoms. The summed E-state index contributed by atoms with van der Waals surface area (Å²) in [7, 11) is 2.15. The van der Waals surface area contributed by atoms with Gasteiger partial charge in [0, 0.05) is 37.6 Å². The van der Waals surface area contributed by atoms with Crippen molar-refractivity contribution in [1.29, 1.82) is 5.26 Å². The first kappa shape index (κ1) is 19.4. The largest absolute Gasteiger partial charge is 0.384 e. The molecule has 0 unspecified atom stereocenters. The average Bonchev–Trinajstić information content (AvgIpc) is 2.75. The van der Waals surface area contributed by atoms with E-state index in [4.69, 9.17) is 5.73 Å². The van der Waals surface area contributed by atoms with Gasteiger partial charge in [0.05, 0.1) is 6.20 Å². The number of aromatic nitrogens is 3. The van der Waals surface area contributed by atoms with Crippen LogP contribution >= 0.6 is 0 Å². The Morgan fingerprint density at radius 3 is 2.47 bits per heavy atom. The number of pyridine rings is 1. The highest BCUT2D eigenvalue weighted by Crippen LogP contribution is 2.23. The average molecular weight is 401 g/mol. The molecule has 4 rings (SSSR count). The summed E-state index contributed by atoms with van der Waals surface area (Å²) in [4.78, 5) is 17.6. The fourth-order valence-corrected chi connectivity index (χ4v) is 3.21. The summed E-state index contributed by atoms with van der Waals surface area (Å²) in [5.74, 6) is 1.63. The van der Waals surface area contributed by atoms with Crippen molar-refractivity contribution in [1.82, 2.24) is 19.9 Å². The summed E-state index contributed by atoms with van der Waals surface area (Å²) in [6.45, 7) is 4.18. The van der Waals surface area contributed by atoms with Crippen molar-refractivity contribution >= 4 is 34.8 Å². The van der Waals surface area contributed by atoms with Crippen molar-refractivity contribution in [2.45, 2.75) is 0 Å². The van der Waals surface area contributed by atoms with E-state index in [1.807, 2.05) is 12.1 Å². The highest BCUT2D eigenvalue weighted by molar-refractivity contribution is 5.64. The second kappa shape index (κ2) is 8.63. The van der Waals surface area contributed by atoms with Crippen molar-refractivity contribution in [3.8, 4) is 6.07 Å². The summed E-state index contributed by atoms with van der Waals surface area (Å²) >= 11 is 0. The number of likely N-dealkylation sites (N-methyl/N-ethyl adjacent to an activating group) is 1. The molecule has 3 aromatic rings. The van der Waals surface area contributed by atoms with E-state index in [2.05, 4.69) is 60.6 Å². The van der Waals surface area contributed by atoms with Crippen molar-refractivity contribution in [2.75, 3.05) is 54.5 Å². The van der Waals surface area contributed by atoms with E-state index in [0.29, 0.717) is 29.0 Å². The molecular weight excluding hydrogens is 378 g/mol. The van der Waals surface area contributed by atoms with Crippen LogP contribution in [0.25, 0.3) is 0 Å². The minimum atomic E-state index is 0.315. The van der Waals surface area contributed by atoms with Crippen LogP contribution < -0.4 is 21.3 Å². The Labute approximate surface area is 175 Å². The van der Waals surface area contributed by atoms with E-state index in [1.165, 1.54) is 11.9 Å². The summed E-state index contributed by atoms with van der Waals surface area (Å²) in [5, 5.41) is 15.6. The lowest BCUT2D eigenvalue weighted by Crippen LogP contribution is -2.44. The molecule has 1 aliphatic heterocycles. The number of hydrogen-bond donors (Lipinski definition) is 3. The predicted molar refractivity (Wildman–Crippen MR) is 118 cm³/mol. The zero-order valence-corrected chi connectivity index (χ0v) is 16.7. The number of nitrogen functional groups attached to an aromatic ring is 1. The highest BCUT2D eigenvalue weighted by atomic mass is 15.2. The Kier molecular flexibility index (Phi) is 5.59. The maximum absolute atomic E-state index is 9.36. The molecule has 30 heavy (non-hydrogen) atoms. The van der Waals surface area contributed by atoms with Crippen LogP contribution in [-0.4, -0.2) is 53.1 Å². The van der Waals surface area contributed by atoms with E-state index >= 15 is 0 Å². The molecule has 152 valence electrons. The Balaban J connectivity index is 1.48. The zero-order valence-electron chi connectivity index (χ0n) is 16.7. The number of benzene rings is 1. The predicted octanol–water partition coefficient (Wildman–Crippen LogP) is 2.56. The number of nitrogens with one attached hydrogen (secondary N) is 2. The van der Waals surface area contributed by atoms with E-state index in [1.54, 1.807) is 18.2 Å². The molecule has 0 bridgehead atoms. The lowest BCUT2D eigenvalue weighted by molar-refractivity contribution is 0.313. The van der Waals surface area contributed by atoms with Gasteiger partial charge in [0.2, 0.25) is 5.95 Å². The Hall–Kier alpha value is -3.90. The molecule has 1 fully saturated rings. The third-order valence-electron chi connectivity index (χ3n) is 4.92. The quantitative estimate of drug-likeness (QED) is 0.592. The first-order valence-electron chi connectivity index (χ1n) is 9.68. The van der Waals surface area contributed by atoms with Crippen LogP contribution in [0.2, 0.25) is 0 Å². The Bertz CT molecular complexity index is 1050. The minimum Gasteiger partial charge on any atom is -0.384 e. The van der Waals surface area contributed by atoms with Gasteiger partial charge in [0.1, 0.15) is 23.3 Å². The summed E-state index contributed by atoms with van der Waals surface area (Å²) in [6.07, 6.45) is 1.47. The number of piperazine rings is 1. The number of anilines is 6. The maximum Gasteiger partial charge on any atom is 0.229 e. The maximum atomic E-state index is 9.36. The van der Waals surface area contributed by atoms with Gasteiger partial charge in [-0.2, -0.15) is 10.2 Å². The van der Waals surface area contributed by atoms with Gasteiger partial charge in [-0.25, -0.2) is 9.97 Å². The smallest absolute Gasteiger partial charge is 0.229 e. The number of nitrogens with two attached hydrogens (primary N) is 1. The third kappa shape index (κ3) is 4.56. The van der Waals surface area contributed by atoms with Crippen LogP contribution in [0.4, 0.5) is 34.8 Å². The number of nitriles is 1. The second-order valence-electron chi connectivity index (χ2n) is 7.10. The van der Waals surface area contributed by atoms with E-state index in [0.717, 1.165) is 31.9 Å². The SMILES string of the molecule is CN1CCN(c2ccc(Nc3ncc(C#N)c(Nc4cccc(N)n4)n3)cc2)CC1. The van der Waals surface area contributed by atoms with Crippen LogP contribution in [0.1, 0.15) is 5.56 Å². The topological polar surface area (TPSA) is 119 Å². The van der Waals surface area contributed by atoms with Gasteiger partial charge >= 0.3 is 0 Å². The van der Waals surface area contributed by atoms with Crippen LogP contribution in [0, 0.1) is 11.3 Å². The summed E-state index contributed by atoms with van der Waals surface area (Å²) in [5.41, 5.74) is 8.10. The van der Waals surface area contributed by atoms with Gasteiger partial charge < -0.3 is 26.2 Å². The second-order valence-corrected chi connectivity index (χ2v) is 7.10. The fraction of sp³-hybridized carbons (Fsp3) is 0.238. The molecule has 1 aromatic carbocycles. The fourth-order valence-electron chi connectivity index (χ4n) is 3.21. The third-order valence-corrected chi connectivity index (χ3v) is 4.92. The Morgan fingerprint density at radius 1 is 1.00 bits per heavy atom. The molecule has 0 spiro atoms. The molecule has 1 saturated heterocycles. The van der Waals surface area contributed by atoms with Crippen LogP contribution in [0.5, 0.6) is 0 Å². The normalized spacial score (nSPS) is 14.2. The van der Waals surface area contributed by atoms with Crippen molar-refractivity contribution in [3.63, 3.8) is 0 Å². The van der Waals surface area contributed by atoms with Crippen molar-refractivity contribution < 1.29 is 0 Å². The van der Waals surface area contributed by atoms with Crippen LogP contribution in [0.3, 0.4) is 0 Å². The van der Waals surface area contributed by atoms with Crippen molar-refractivity contribution in [2.24, 2.45) is 0 Å². The Morgan fingerprint density at radius 2 is 1.77 bits per heavy atom. The molecule has 0 atom stereocenters. The van der Waals surface area contributed by atoms with Gasteiger partial charge in [0.25, 0.3) is 0 Å². The monoisotopic (exact) mass is 401 g/mol. The molecule has 4 N–H and O–H groups in total. The van der Waals surface area contributed by atoms with Crippen LogP contribution in [-0.2, 0) is 0 Å². The van der Waals surface area contributed by atoms with Gasteiger partial charge in [0.15, 0.2) is 5.82 Å². The summed E-state index contributed by atoms with van der Waals surface area (Å²) in [6, 6.07) is 15.5. The standard InChI is InChI=1S/C21H23N9/c1-29-9-11-30(12-10-29)17-7-5-16(6-8-17)25-21-24-14-15(13-22)20(28-21)27-19-4-2-3-18(23)26-19/h2-8,14H,9-12H2,1H3,(H4,23,24,25,26,27,28). The molecule has 1 aliphatic rings. The number of nitrogens with zero attached hydrogens (tertiary/aromatic N) is 6. The van der Waals surface area contributed by atoms with E-state index in [-0.39, 0.29) is 0 Å². The lowest BCUT2D eigenvalue weighted by atomic mass is 10.2. The first-order chi connectivity index (χ1) is 14.6.